The van der Waals surface area contributed by atoms with Gasteiger partial charge in [0.05, 0.1) is 6.04 Å². The quantitative estimate of drug-likeness (QED) is 0.830. The molecule has 1 aromatic heterocycles. The van der Waals surface area contributed by atoms with Gasteiger partial charge in [-0.05, 0) is 39.3 Å². The monoisotopic (exact) mass is 294 g/mol. The van der Waals surface area contributed by atoms with E-state index in [9.17, 15) is 4.79 Å². The molecule has 2 rings (SSSR count). The first-order chi connectivity index (χ1) is 10.0. The Morgan fingerprint density at radius 2 is 2.10 bits per heavy atom. The van der Waals surface area contributed by atoms with Crippen molar-refractivity contribution in [2.45, 2.75) is 45.6 Å². The predicted octanol–water partition coefficient (Wildman–Crippen LogP) is 1.88. The summed E-state index contributed by atoms with van der Waals surface area (Å²) in [5, 5.41) is 4.01. The lowest BCUT2D eigenvalue weighted by molar-refractivity contribution is -0.134. The minimum absolute atomic E-state index is 0.124. The Morgan fingerprint density at radius 1 is 1.43 bits per heavy atom. The molecule has 1 fully saturated rings. The molecular weight excluding hydrogens is 268 g/mol. The number of amides is 1. The van der Waals surface area contributed by atoms with Gasteiger partial charge in [-0.1, -0.05) is 12.1 Å². The van der Waals surface area contributed by atoms with Crippen molar-refractivity contribution in [3.63, 3.8) is 0 Å². The van der Waals surface area contributed by atoms with Crippen LogP contribution in [0.1, 0.15) is 50.9 Å². The molecule has 118 valence electrons. The molecule has 0 aliphatic carbocycles. The van der Waals surface area contributed by atoms with Crippen LogP contribution in [0.4, 0.5) is 0 Å². The molecule has 6 heteroatoms. The van der Waals surface area contributed by atoms with E-state index in [4.69, 9.17) is 4.52 Å². The Kier molecular flexibility index (Phi) is 5.33. The van der Waals surface area contributed by atoms with Gasteiger partial charge >= 0.3 is 0 Å². The van der Waals surface area contributed by atoms with Crippen molar-refractivity contribution in [3.05, 3.63) is 11.7 Å². The number of nitrogens with zero attached hydrogens (tertiary/aromatic N) is 4. The van der Waals surface area contributed by atoms with Gasteiger partial charge in [-0.2, -0.15) is 4.98 Å². The number of hydrogen-bond donors (Lipinski definition) is 0. The molecule has 1 atom stereocenters. The van der Waals surface area contributed by atoms with Gasteiger partial charge in [0, 0.05) is 26.4 Å². The third-order valence-electron chi connectivity index (χ3n) is 4.18. The fourth-order valence-electron chi connectivity index (χ4n) is 2.82. The van der Waals surface area contributed by atoms with Crippen LogP contribution in [0.5, 0.6) is 0 Å². The van der Waals surface area contributed by atoms with Crippen LogP contribution in [0.3, 0.4) is 0 Å². The van der Waals surface area contributed by atoms with Crippen molar-refractivity contribution in [1.29, 1.82) is 0 Å². The highest BCUT2D eigenvalue weighted by atomic mass is 16.5. The maximum absolute atomic E-state index is 12.0. The van der Waals surface area contributed by atoms with Crippen molar-refractivity contribution in [1.82, 2.24) is 19.9 Å². The number of likely N-dealkylation sites (tertiary alicyclic amines) is 1. The Balaban J connectivity index is 1.90. The minimum atomic E-state index is 0.124. The van der Waals surface area contributed by atoms with Gasteiger partial charge in [-0.15, -0.1) is 0 Å². The molecule has 1 aliphatic heterocycles. The summed E-state index contributed by atoms with van der Waals surface area (Å²) in [5.74, 6) is 1.87. The Morgan fingerprint density at radius 3 is 2.67 bits per heavy atom. The fourth-order valence-corrected chi connectivity index (χ4v) is 2.82. The molecule has 6 nitrogen and oxygen atoms in total. The van der Waals surface area contributed by atoms with Gasteiger partial charge in [0.25, 0.3) is 0 Å². The maximum atomic E-state index is 12.0. The third kappa shape index (κ3) is 3.81. The standard InChI is InChI=1S/C15H26N4O2/c1-5-6-13-16-14(21-17-13)11(2)19-9-7-12(8-10-19)15(20)18(3)4/h11-12H,5-10H2,1-4H3. The normalized spacial score (nSPS) is 18.7. The molecule has 0 bridgehead atoms. The predicted molar refractivity (Wildman–Crippen MR) is 79.7 cm³/mol. The topological polar surface area (TPSA) is 62.5 Å². The summed E-state index contributed by atoms with van der Waals surface area (Å²) in [7, 11) is 3.65. The van der Waals surface area contributed by atoms with Gasteiger partial charge in [0.2, 0.25) is 11.8 Å². The van der Waals surface area contributed by atoms with Gasteiger partial charge in [-0.3, -0.25) is 9.69 Å². The summed E-state index contributed by atoms with van der Waals surface area (Å²) in [4.78, 5) is 20.5. The van der Waals surface area contributed by atoms with E-state index in [0.717, 1.165) is 44.6 Å². The SMILES string of the molecule is CCCc1noc(C(C)N2CCC(C(=O)N(C)C)CC2)n1. The largest absolute Gasteiger partial charge is 0.349 e. The van der Waals surface area contributed by atoms with E-state index in [1.165, 1.54) is 0 Å². The lowest BCUT2D eigenvalue weighted by Crippen LogP contribution is -2.41. The van der Waals surface area contributed by atoms with E-state index in [1.807, 2.05) is 14.1 Å². The van der Waals surface area contributed by atoms with Crippen molar-refractivity contribution in [3.8, 4) is 0 Å². The summed E-state index contributed by atoms with van der Waals surface area (Å²) in [5.41, 5.74) is 0. The zero-order valence-electron chi connectivity index (χ0n) is 13.5. The number of carbonyl (C=O) groups is 1. The van der Waals surface area contributed by atoms with Gasteiger partial charge in [0.1, 0.15) is 0 Å². The van der Waals surface area contributed by atoms with Crippen LogP contribution in [0.2, 0.25) is 0 Å². The molecule has 1 aromatic rings. The fraction of sp³-hybridized carbons (Fsp3) is 0.800. The van der Waals surface area contributed by atoms with Crippen LogP contribution < -0.4 is 0 Å². The first kappa shape index (κ1) is 15.9. The molecule has 0 spiro atoms. The molecule has 1 amide bonds. The maximum Gasteiger partial charge on any atom is 0.243 e. The smallest absolute Gasteiger partial charge is 0.243 e. The molecule has 1 unspecified atom stereocenters. The second-order valence-corrected chi connectivity index (χ2v) is 6.02. The molecular formula is C15H26N4O2. The number of carbonyl (C=O) groups excluding carboxylic acids is 1. The van der Waals surface area contributed by atoms with E-state index >= 15 is 0 Å². The number of hydrogen-bond acceptors (Lipinski definition) is 5. The van der Waals surface area contributed by atoms with Crippen molar-refractivity contribution in [2.24, 2.45) is 5.92 Å². The number of piperidine rings is 1. The summed E-state index contributed by atoms with van der Waals surface area (Å²) in [6.07, 6.45) is 3.68. The zero-order chi connectivity index (χ0) is 15.4. The Labute approximate surface area is 126 Å². The van der Waals surface area contributed by atoms with Crippen LogP contribution in [0.15, 0.2) is 4.52 Å². The van der Waals surface area contributed by atoms with Crippen LogP contribution >= 0.6 is 0 Å². The molecule has 0 radical (unpaired) electrons. The molecule has 0 saturated carbocycles. The highest BCUT2D eigenvalue weighted by Crippen LogP contribution is 2.26. The third-order valence-corrected chi connectivity index (χ3v) is 4.18. The highest BCUT2D eigenvalue weighted by molar-refractivity contribution is 5.78. The highest BCUT2D eigenvalue weighted by Gasteiger charge is 2.30. The van der Waals surface area contributed by atoms with E-state index in [0.29, 0.717) is 5.89 Å². The lowest BCUT2D eigenvalue weighted by Gasteiger charge is -2.34. The van der Waals surface area contributed by atoms with Crippen molar-refractivity contribution < 1.29 is 9.32 Å². The average molecular weight is 294 g/mol. The number of aryl methyl sites for hydroxylation is 1. The van der Waals surface area contributed by atoms with Gasteiger partial charge in [0.15, 0.2) is 5.82 Å². The Bertz CT molecular complexity index is 464. The van der Waals surface area contributed by atoms with Crippen LogP contribution in [0, 0.1) is 5.92 Å². The van der Waals surface area contributed by atoms with Crippen LogP contribution in [-0.4, -0.2) is 53.0 Å². The molecule has 0 N–H and O–H groups in total. The molecule has 0 aromatic carbocycles. The van der Waals surface area contributed by atoms with E-state index in [1.54, 1.807) is 4.90 Å². The second kappa shape index (κ2) is 7.02. The zero-order valence-corrected chi connectivity index (χ0v) is 13.5. The number of aromatic nitrogens is 2. The number of rotatable bonds is 5. The second-order valence-electron chi connectivity index (χ2n) is 6.02. The van der Waals surface area contributed by atoms with Gasteiger partial charge < -0.3 is 9.42 Å². The molecule has 1 saturated heterocycles. The average Bonchev–Trinajstić information content (AvgIpc) is 2.95. The van der Waals surface area contributed by atoms with Crippen molar-refractivity contribution >= 4 is 5.91 Å². The minimum Gasteiger partial charge on any atom is -0.349 e. The van der Waals surface area contributed by atoms with E-state index in [2.05, 4.69) is 28.9 Å². The van der Waals surface area contributed by atoms with Gasteiger partial charge in [-0.25, -0.2) is 0 Å². The molecule has 1 aliphatic rings. The van der Waals surface area contributed by atoms with E-state index in [-0.39, 0.29) is 17.9 Å². The summed E-state index contributed by atoms with van der Waals surface area (Å²) < 4.78 is 5.37. The summed E-state index contributed by atoms with van der Waals surface area (Å²) >= 11 is 0. The first-order valence-corrected chi connectivity index (χ1v) is 7.80. The summed E-state index contributed by atoms with van der Waals surface area (Å²) in [6.45, 7) is 6.00. The van der Waals surface area contributed by atoms with Crippen molar-refractivity contribution in [2.75, 3.05) is 27.2 Å². The van der Waals surface area contributed by atoms with E-state index < -0.39 is 0 Å². The Hall–Kier alpha value is -1.43. The van der Waals surface area contributed by atoms with Crippen LogP contribution in [0.25, 0.3) is 0 Å². The van der Waals surface area contributed by atoms with Crippen LogP contribution in [-0.2, 0) is 11.2 Å². The first-order valence-electron chi connectivity index (χ1n) is 7.80. The summed E-state index contributed by atoms with van der Waals surface area (Å²) in [6, 6.07) is 0.124. The molecule has 2 heterocycles. The lowest BCUT2D eigenvalue weighted by atomic mass is 9.94. The molecule has 21 heavy (non-hydrogen) atoms.